The Morgan fingerprint density at radius 1 is 1.26 bits per heavy atom. The van der Waals surface area contributed by atoms with Crippen LogP contribution in [0.1, 0.15) is 56.6 Å². The number of nitrogens with one attached hydrogen (secondary N) is 1. The molecule has 0 atom stereocenters. The van der Waals surface area contributed by atoms with E-state index >= 15 is 0 Å². The Hall–Kier alpha value is -1.35. The molecule has 3 heteroatoms. The van der Waals surface area contributed by atoms with Gasteiger partial charge in [0.15, 0.2) is 0 Å². The minimum atomic E-state index is -0.627. The van der Waals surface area contributed by atoms with E-state index in [9.17, 15) is 4.79 Å². The van der Waals surface area contributed by atoms with Crippen LogP contribution in [-0.4, -0.2) is 11.4 Å². The van der Waals surface area contributed by atoms with E-state index in [0.29, 0.717) is 12.5 Å². The van der Waals surface area contributed by atoms with Gasteiger partial charge in [0.1, 0.15) is 0 Å². The first-order chi connectivity index (χ1) is 9.01. The zero-order valence-electron chi connectivity index (χ0n) is 11.9. The average molecular weight is 260 g/mol. The van der Waals surface area contributed by atoms with Crippen LogP contribution in [0.3, 0.4) is 0 Å². The number of hydrogen-bond acceptors (Lipinski definition) is 2. The van der Waals surface area contributed by atoms with Crippen LogP contribution in [0.4, 0.5) is 0 Å². The van der Waals surface area contributed by atoms with Crippen molar-refractivity contribution in [3.05, 3.63) is 35.4 Å². The van der Waals surface area contributed by atoms with Crippen LogP contribution in [0.5, 0.6) is 0 Å². The topological polar surface area (TPSA) is 55.1 Å². The molecule has 0 bridgehead atoms. The number of carbonyl (C=O) groups excluding carboxylic acids is 1. The summed E-state index contributed by atoms with van der Waals surface area (Å²) < 4.78 is 0. The Balaban J connectivity index is 1.90. The highest BCUT2D eigenvalue weighted by atomic mass is 16.2. The number of nitrogens with two attached hydrogens (primary N) is 1. The van der Waals surface area contributed by atoms with Gasteiger partial charge in [0, 0.05) is 6.54 Å². The SMILES string of the molecule is CC(C)c1ccc(CNC(=O)C2(N)CCCC2)cc1. The summed E-state index contributed by atoms with van der Waals surface area (Å²) in [6, 6.07) is 8.40. The third kappa shape index (κ3) is 3.35. The van der Waals surface area contributed by atoms with Gasteiger partial charge < -0.3 is 11.1 Å². The van der Waals surface area contributed by atoms with Crippen LogP contribution in [0.25, 0.3) is 0 Å². The van der Waals surface area contributed by atoms with Crippen molar-refractivity contribution in [2.24, 2.45) is 5.73 Å². The standard InChI is InChI=1S/C16H24N2O/c1-12(2)14-7-5-13(6-8-14)11-18-15(19)16(17)9-3-4-10-16/h5-8,12H,3-4,9-11,17H2,1-2H3,(H,18,19). The summed E-state index contributed by atoms with van der Waals surface area (Å²) in [4.78, 5) is 12.1. The van der Waals surface area contributed by atoms with Crippen molar-refractivity contribution in [3.8, 4) is 0 Å². The molecule has 1 aromatic carbocycles. The maximum atomic E-state index is 12.1. The number of rotatable bonds is 4. The largest absolute Gasteiger partial charge is 0.350 e. The van der Waals surface area contributed by atoms with Gasteiger partial charge >= 0.3 is 0 Å². The summed E-state index contributed by atoms with van der Waals surface area (Å²) in [5, 5.41) is 2.97. The van der Waals surface area contributed by atoms with Gasteiger partial charge in [0.25, 0.3) is 0 Å². The lowest BCUT2D eigenvalue weighted by molar-refractivity contribution is -0.126. The first-order valence-corrected chi connectivity index (χ1v) is 7.17. The van der Waals surface area contributed by atoms with Crippen LogP contribution < -0.4 is 11.1 Å². The normalized spacial score (nSPS) is 17.7. The molecule has 1 aliphatic carbocycles. The lowest BCUT2D eigenvalue weighted by Gasteiger charge is -2.22. The molecular weight excluding hydrogens is 236 g/mol. The molecule has 0 heterocycles. The third-order valence-corrected chi connectivity index (χ3v) is 4.05. The van der Waals surface area contributed by atoms with Gasteiger partial charge in [0.05, 0.1) is 5.54 Å². The molecule has 2 rings (SSSR count). The van der Waals surface area contributed by atoms with E-state index in [0.717, 1.165) is 31.2 Å². The second-order valence-corrected chi connectivity index (χ2v) is 5.94. The molecule has 1 fully saturated rings. The van der Waals surface area contributed by atoms with Crippen LogP contribution in [0, 0.1) is 0 Å². The highest BCUT2D eigenvalue weighted by Crippen LogP contribution is 2.27. The summed E-state index contributed by atoms with van der Waals surface area (Å²) in [6.07, 6.45) is 3.75. The van der Waals surface area contributed by atoms with E-state index in [1.807, 2.05) is 0 Å². The van der Waals surface area contributed by atoms with Crippen molar-refractivity contribution in [2.45, 2.75) is 57.5 Å². The monoisotopic (exact) mass is 260 g/mol. The molecule has 0 saturated heterocycles. The summed E-state index contributed by atoms with van der Waals surface area (Å²) in [5.41, 5.74) is 7.94. The number of hydrogen-bond donors (Lipinski definition) is 2. The maximum Gasteiger partial charge on any atom is 0.240 e. The number of amides is 1. The van der Waals surface area contributed by atoms with E-state index in [-0.39, 0.29) is 5.91 Å². The molecule has 0 radical (unpaired) electrons. The molecule has 0 aliphatic heterocycles. The second kappa shape index (κ2) is 5.74. The molecule has 104 valence electrons. The Morgan fingerprint density at radius 2 is 1.84 bits per heavy atom. The van der Waals surface area contributed by atoms with E-state index in [4.69, 9.17) is 5.73 Å². The van der Waals surface area contributed by atoms with Gasteiger partial charge in [-0.15, -0.1) is 0 Å². The Kier molecular flexibility index (Phi) is 4.25. The lowest BCUT2D eigenvalue weighted by Crippen LogP contribution is -2.51. The summed E-state index contributed by atoms with van der Waals surface area (Å²) in [7, 11) is 0. The zero-order valence-corrected chi connectivity index (χ0v) is 11.9. The smallest absolute Gasteiger partial charge is 0.240 e. The zero-order chi connectivity index (χ0) is 13.9. The van der Waals surface area contributed by atoms with Crippen molar-refractivity contribution in [1.29, 1.82) is 0 Å². The van der Waals surface area contributed by atoms with Gasteiger partial charge in [-0.1, -0.05) is 51.0 Å². The summed E-state index contributed by atoms with van der Waals surface area (Å²) >= 11 is 0. The molecule has 1 saturated carbocycles. The molecule has 1 amide bonds. The van der Waals surface area contributed by atoms with Crippen LogP contribution >= 0.6 is 0 Å². The molecular formula is C16H24N2O. The molecule has 0 spiro atoms. The van der Waals surface area contributed by atoms with Crippen molar-refractivity contribution >= 4 is 5.91 Å². The third-order valence-electron chi connectivity index (χ3n) is 4.05. The average Bonchev–Trinajstić information content (AvgIpc) is 2.84. The van der Waals surface area contributed by atoms with Crippen molar-refractivity contribution in [3.63, 3.8) is 0 Å². The first-order valence-electron chi connectivity index (χ1n) is 7.17. The van der Waals surface area contributed by atoms with E-state index in [1.165, 1.54) is 5.56 Å². The molecule has 1 aromatic rings. The van der Waals surface area contributed by atoms with E-state index < -0.39 is 5.54 Å². The van der Waals surface area contributed by atoms with Gasteiger partial charge in [-0.3, -0.25) is 4.79 Å². The van der Waals surface area contributed by atoms with Crippen molar-refractivity contribution < 1.29 is 4.79 Å². The van der Waals surface area contributed by atoms with Gasteiger partial charge in [-0.2, -0.15) is 0 Å². The predicted molar refractivity (Wildman–Crippen MR) is 77.8 cm³/mol. The maximum absolute atomic E-state index is 12.1. The fraction of sp³-hybridized carbons (Fsp3) is 0.562. The number of benzene rings is 1. The predicted octanol–water partition coefficient (Wildman–Crippen LogP) is 2.70. The van der Waals surface area contributed by atoms with E-state index in [1.54, 1.807) is 0 Å². The fourth-order valence-corrected chi connectivity index (χ4v) is 2.61. The van der Waals surface area contributed by atoms with Gasteiger partial charge in [0.2, 0.25) is 5.91 Å². The van der Waals surface area contributed by atoms with Crippen molar-refractivity contribution in [2.75, 3.05) is 0 Å². The molecule has 3 N–H and O–H groups in total. The Morgan fingerprint density at radius 3 is 2.37 bits per heavy atom. The van der Waals surface area contributed by atoms with Crippen molar-refractivity contribution in [1.82, 2.24) is 5.32 Å². The Labute approximate surface area is 115 Å². The second-order valence-electron chi connectivity index (χ2n) is 5.94. The minimum absolute atomic E-state index is 0.00191. The van der Waals surface area contributed by atoms with E-state index in [2.05, 4.69) is 43.4 Å². The van der Waals surface area contributed by atoms with Crippen LogP contribution in [-0.2, 0) is 11.3 Å². The van der Waals surface area contributed by atoms with Gasteiger partial charge in [-0.25, -0.2) is 0 Å². The first kappa shape index (κ1) is 14.1. The quantitative estimate of drug-likeness (QED) is 0.874. The van der Waals surface area contributed by atoms with Gasteiger partial charge in [-0.05, 0) is 29.9 Å². The summed E-state index contributed by atoms with van der Waals surface area (Å²) in [6.45, 7) is 4.92. The molecule has 1 aliphatic rings. The fourth-order valence-electron chi connectivity index (χ4n) is 2.61. The highest BCUT2D eigenvalue weighted by molar-refractivity contribution is 5.86. The summed E-state index contributed by atoms with van der Waals surface area (Å²) in [5.74, 6) is 0.535. The molecule has 19 heavy (non-hydrogen) atoms. The number of carbonyl (C=O) groups is 1. The van der Waals surface area contributed by atoms with Crippen LogP contribution in [0.15, 0.2) is 24.3 Å². The minimum Gasteiger partial charge on any atom is -0.350 e. The highest BCUT2D eigenvalue weighted by Gasteiger charge is 2.36. The molecule has 0 aromatic heterocycles. The van der Waals surface area contributed by atoms with Crippen LogP contribution in [0.2, 0.25) is 0 Å². The molecule has 3 nitrogen and oxygen atoms in total. The molecule has 0 unspecified atom stereocenters. The lowest BCUT2D eigenvalue weighted by atomic mass is 9.98. The Bertz CT molecular complexity index is 431.